The van der Waals surface area contributed by atoms with Gasteiger partial charge in [0, 0.05) is 19.5 Å². The standard InChI is InChI=1S/C15H19N3O4/c1-19-11-4-3-10(7-12(11)20-2)8-14-17-15(22-18-14)13-9-16-5-6-21-13/h3-4,7,13,16H,5-6,8-9H2,1-2H3/t13-/m0/s1. The molecular formula is C15H19N3O4. The van der Waals surface area contributed by atoms with Crippen LogP contribution in [0.15, 0.2) is 22.7 Å². The lowest BCUT2D eigenvalue weighted by atomic mass is 10.1. The van der Waals surface area contributed by atoms with Gasteiger partial charge in [0.25, 0.3) is 5.89 Å². The minimum atomic E-state index is -0.166. The van der Waals surface area contributed by atoms with Crippen molar-refractivity contribution in [3.05, 3.63) is 35.5 Å². The van der Waals surface area contributed by atoms with Gasteiger partial charge >= 0.3 is 0 Å². The summed E-state index contributed by atoms with van der Waals surface area (Å²) in [6, 6.07) is 5.73. The summed E-state index contributed by atoms with van der Waals surface area (Å²) in [6.45, 7) is 2.19. The topological polar surface area (TPSA) is 78.6 Å². The Morgan fingerprint density at radius 2 is 2.14 bits per heavy atom. The second kappa shape index (κ2) is 6.76. The molecule has 0 saturated carbocycles. The Hall–Kier alpha value is -2.12. The fraction of sp³-hybridized carbons (Fsp3) is 0.467. The Morgan fingerprint density at radius 3 is 2.86 bits per heavy atom. The van der Waals surface area contributed by atoms with E-state index in [1.807, 2.05) is 18.2 Å². The van der Waals surface area contributed by atoms with Crippen molar-refractivity contribution in [3.8, 4) is 11.5 Å². The van der Waals surface area contributed by atoms with E-state index in [2.05, 4.69) is 15.5 Å². The van der Waals surface area contributed by atoms with Gasteiger partial charge in [-0.15, -0.1) is 0 Å². The summed E-state index contributed by atoms with van der Waals surface area (Å²) in [5, 5.41) is 7.26. The highest BCUT2D eigenvalue weighted by Crippen LogP contribution is 2.28. The average Bonchev–Trinajstić information content (AvgIpc) is 3.04. The van der Waals surface area contributed by atoms with Crippen LogP contribution in [0.5, 0.6) is 11.5 Å². The van der Waals surface area contributed by atoms with Crippen LogP contribution in [0.2, 0.25) is 0 Å². The number of aromatic nitrogens is 2. The van der Waals surface area contributed by atoms with E-state index in [4.69, 9.17) is 18.7 Å². The van der Waals surface area contributed by atoms with Crippen LogP contribution < -0.4 is 14.8 Å². The van der Waals surface area contributed by atoms with E-state index in [-0.39, 0.29) is 6.10 Å². The third-order valence-electron chi connectivity index (χ3n) is 3.50. The number of benzene rings is 1. The summed E-state index contributed by atoms with van der Waals surface area (Å²) < 4.78 is 21.4. The van der Waals surface area contributed by atoms with Gasteiger partial charge in [0.05, 0.1) is 20.8 Å². The first-order valence-corrected chi connectivity index (χ1v) is 7.16. The van der Waals surface area contributed by atoms with Crippen molar-refractivity contribution in [2.75, 3.05) is 33.9 Å². The zero-order valence-corrected chi connectivity index (χ0v) is 12.7. The summed E-state index contributed by atoms with van der Waals surface area (Å²) in [5.74, 6) is 2.52. The number of ether oxygens (including phenoxy) is 3. The minimum absolute atomic E-state index is 0.166. The van der Waals surface area contributed by atoms with Crippen molar-refractivity contribution in [3.63, 3.8) is 0 Å². The predicted molar refractivity (Wildman–Crippen MR) is 78.2 cm³/mol. The van der Waals surface area contributed by atoms with Crippen LogP contribution in [0.1, 0.15) is 23.4 Å². The second-order valence-electron chi connectivity index (χ2n) is 4.98. The molecule has 0 unspecified atom stereocenters. The Balaban J connectivity index is 1.72. The largest absolute Gasteiger partial charge is 0.493 e. The molecular weight excluding hydrogens is 286 g/mol. The molecule has 0 radical (unpaired) electrons. The molecule has 7 nitrogen and oxygen atoms in total. The maximum Gasteiger partial charge on any atom is 0.257 e. The molecule has 0 aliphatic carbocycles. The van der Waals surface area contributed by atoms with Crippen LogP contribution in [0.3, 0.4) is 0 Å². The van der Waals surface area contributed by atoms with Crippen LogP contribution in [-0.4, -0.2) is 44.1 Å². The van der Waals surface area contributed by atoms with Crippen LogP contribution in [0, 0.1) is 0 Å². The van der Waals surface area contributed by atoms with E-state index in [9.17, 15) is 0 Å². The fourth-order valence-corrected chi connectivity index (χ4v) is 2.37. The molecule has 1 aliphatic rings. The van der Waals surface area contributed by atoms with Crippen molar-refractivity contribution >= 4 is 0 Å². The molecule has 1 aliphatic heterocycles. The molecule has 7 heteroatoms. The first-order chi connectivity index (χ1) is 10.8. The van der Waals surface area contributed by atoms with Gasteiger partial charge in [0.1, 0.15) is 6.10 Å². The molecule has 3 rings (SSSR count). The number of methoxy groups -OCH3 is 2. The van der Waals surface area contributed by atoms with Gasteiger partial charge in [0.2, 0.25) is 0 Å². The van der Waals surface area contributed by atoms with E-state index < -0.39 is 0 Å². The van der Waals surface area contributed by atoms with E-state index in [0.717, 1.165) is 12.1 Å². The number of nitrogens with zero attached hydrogens (tertiary/aromatic N) is 2. The van der Waals surface area contributed by atoms with Gasteiger partial charge in [-0.25, -0.2) is 0 Å². The molecule has 0 bridgehead atoms. The zero-order chi connectivity index (χ0) is 15.4. The smallest absolute Gasteiger partial charge is 0.257 e. The monoisotopic (exact) mass is 305 g/mol. The lowest BCUT2D eigenvalue weighted by molar-refractivity contribution is 0.00755. The SMILES string of the molecule is COc1ccc(Cc2noc([C@@H]3CNCCO3)n2)cc1OC. The molecule has 2 aromatic rings. The first kappa shape index (κ1) is 14.8. The number of hydrogen-bond donors (Lipinski definition) is 1. The summed E-state index contributed by atoms with van der Waals surface area (Å²) in [5.41, 5.74) is 1.02. The molecule has 1 aromatic carbocycles. The van der Waals surface area contributed by atoms with Crippen molar-refractivity contribution in [2.24, 2.45) is 0 Å². The summed E-state index contributed by atoms with van der Waals surface area (Å²) in [7, 11) is 3.22. The van der Waals surface area contributed by atoms with Gasteiger partial charge in [0.15, 0.2) is 17.3 Å². The number of rotatable bonds is 5. The summed E-state index contributed by atoms with van der Waals surface area (Å²) in [4.78, 5) is 4.41. The average molecular weight is 305 g/mol. The Labute approximate surface area is 128 Å². The second-order valence-corrected chi connectivity index (χ2v) is 4.98. The van der Waals surface area contributed by atoms with Crippen LogP contribution in [0.25, 0.3) is 0 Å². The number of hydrogen-bond acceptors (Lipinski definition) is 7. The van der Waals surface area contributed by atoms with E-state index in [1.165, 1.54) is 0 Å². The molecule has 0 spiro atoms. The summed E-state index contributed by atoms with van der Waals surface area (Å²) >= 11 is 0. The molecule has 1 aromatic heterocycles. The van der Waals surface area contributed by atoms with Gasteiger partial charge in [-0.1, -0.05) is 11.2 Å². The maximum atomic E-state index is 5.60. The first-order valence-electron chi connectivity index (χ1n) is 7.16. The van der Waals surface area contributed by atoms with Gasteiger partial charge in [-0.3, -0.25) is 0 Å². The Kier molecular flexibility index (Phi) is 4.55. The molecule has 1 N–H and O–H groups in total. The third-order valence-corrected chi connectivity index (χ3v) is 3.50. The molecule has 1 saturated heterocycles. The quantitative estimate of drug-likeness (QED) is 0.893. The molecule has 2 heterocycles. The normalized spacial score (nSPS) is 18.2. The minimum Gasteiger partial charge on any atom is -0.493 e. The van der Waals surface area contributed by atoms with Crippen molar-refractivity contribution in [1.29, 1.82) is 0 Å². The lowest BCUT2D eigenvalue weighted by Crippen LogP contribution is -2.33. The highest BCUT2D eigenvalue weighted by molar-refractivity contribution is 5.43. The van der Waals surface area contributed by atoms with Gasteiger partial charge in [-0.2, -0.15) is 4.98 Å². The number of nitrogens with one attached hydrogen (secondary N) is 1. The van der Waals surface area contributed by atoms with Crippen molar-refractivity contribution < 1.29 is 18.7 Å². The number of morpholine rings is 1. The molecule has 0 amide bonds. The van der Waals surface area contributed by atoms with Crippen LogP contribution in [0.4, 0.5) is 0 Å². The Bertz CT molecular complexity index is 623. The third kappa shape index (κ3) is 3.20. The highest BCUT2D eigenvalue weighted by Gasteiger charge is 2.22. The van der Waals surface area contributed by atoms with Gasteiger partial charge < -0.3 is 24.1 Å². The van der Waals surface area contributed by atoms with Crippen molar-refractivity contribution in [1.82, 2.24) is 15.5 Å². The predicted octanol–water partition coefficient (Wildman–Crippen LogP) is 1.34. The molecule has 1 fully saturated rings. The molecule has 118 valence electrons. The van der Waals surface area contributed by atoms with E-state index >= 15 is 0 Å². The van der Waals surface area contributed by atoms with Crippen LogP contribution >= 0.6 is 0 Å². The molecule has 22 heavy (non-hydrogen) atoms. The fourth-order valence-electron chi connectivity index (χ4n) is 2.37. The van der Waals surface area contributed by atoms with Gasteiger partial charge in [-0.05, 0) is 17.7 Å². The highest BCUT2D eigenvalue weighted by atomic mass is 16.5. The van der Waals surface area contributed by atoms with E-state index in [0.29, 0.717) is 42.8 Å². The van der Waals surface area contributed by atoms with Crippen LogP contribution in [-0.2, 0) is 11.2 Å². The molecule has 1 atom stereocenters. The van der Waals surface area contributed by atoms with E-state index in [1.54, 1.807) is 14.2 Å². The lowest BCUT2D eigenvalue weighted by Gasteiger charge is -2.19. The maximum absolute atomic E-state index is 5.60. The van der Waals surface area contributed by atoms with Crippen molar-refractivity contribution in [2.45, 2.75) is 12.5 Å². The summed E-state index contributed by atoms with van der Waals surface area (Å²) in [6.07, 6.45) is 0.393. The zero-order valence-electron chi connectivity index (χ0n) is 12.7. The Morgan fingerprint density at radius 1 is 1.27 bits per heavy atom.